The Morgan fingerprint density at radius 2 is 1.83 bits per heavy atom. The van der Waals surface area contributed by atoms with Crippen molar-refractivity contribution >= 4 is 23.5 Å². The summed E-state index contributed by atoms with van der Waals surface area (Å²) in [7, 11) is 0. The first-order chi connectivity index (χ1) is 11.2. The highest BCUT2D eigenvalue weighted by Gasteiger charge is 2.56. The summed E-state index contributed by atoms with van der Waals surface area (Å²) in [5.74, 6) is -0.486. The fraction of sp³-hybridized carbons (Fsp3) is 0.500. The van der Waals surface area contributed by atoms with E-state index in [1.807, 2.05) is 32.9 Å². The van der Waals surface area contributed by atoms with Gasteiger partial charge in [0.2, 0.25) is 5.91 Å². The maximum absolute atomic E-state index is 12.5. The number of urea groups is 1. The Morgan fingerprint density at radius 3 is 2.38 bits per heavy atom. The van der Waals surface area contributed by atoms with E-state index >= 15 is 0 Å². The fourth-order valence-corrected chi connectivity index (χ4v) is 3.50. The summed E-state index contributed by atoms with van der Waals surface area (Å²) in [6.45, 7) is 7.33. The van der Waals surface area contributed by atoms with Crippen LogP contribution in [-0.4, -0.2) is 34.8 Å². The first-order valence-electron chi connectivity index (χ1n) is 8.24. The second-order valence-electron chi connectivity index (χ2n) is 7.12. The molecule has 6 heteroatoms. The van der Waals surface area contributed by atoms with Crippen LogP contribution in [0, 0.1) is 26.7 Å². The number of anilines is 1. The van der Waals surface area contributed by atoms with E-state index in [0.717, 1.165) is 40.1 Å². The molecule has 4 amide bonds. The molecule has 1 aromatic carbocycles. The van der Waals surface area contributed by atoms with E-state index in [2.05, 4.69) is 10.6 Å². The van der Waals surface area contributed by atoms with Gasteiger partial charge in [-0.1, -0.05) is 17.7 Å². The minimum atomic E-state index is -0.854. The lowest BCUT2D eigenvalue weighted by Crippen LogP contribution is -2.46. The molecular formula is C18H23N3O3. The normalized spacial score (nSPS) is 23.4. The largest absolute Gasteiger partial charge is 0.325 e. The summed E-state index contributed by atoms with van der Waals surface area (Å²) in [6.07, 6.45) is 1.87. The zero-order valence-electron chi connectivity index (χ0n) is 14.5. The highest BCUT2D eigenvalue weighted by atomic mass is 16.2. The second-order valence-corrected chi connectivity index (χ2v) is 7.12. The van der Waals surface area contributed by atoms with Gasteiger partial charge >= 0.3 is 6.03 Å². The Bertz CT molecular complexity index is 716. The summed E-state index contributed by atoms with van der Waals surface area (Å²) in [6, 6.07) is 3.49. The number of carbonyl (C=O) groups is 3. The summed E-state index contributed by atoms with van der Waals surface area (Å²) in [5.41, 5.74) is 2.93. The highest BCUT2D eigenvalue weighted by Crippen LogP contribution is 2.42. The van der Waals surface area contributed by atoms with E-state index in [-0.39, 0.29) is 24.3 Å². The number of rotatable bonds is 4. The monoisotopic (exact) mass is 329 g/mol. The van der Waals surface area contributed by atoms with Crippen molar-refractivity contribution in [1.29, 1.82) is 0 Å². The predicted molar refractivity (Wildman–Crippen MR) is 90.7 cm³/mol. The molecule has 2 fully saturated rings. The first-order valence-corrected chi connectivity index (χ1v) is 8.24. The number of benzene rings is 1. The number of nitrogens with zero attached hydrogens (tertiary/aromatic N) is 1. The zero-order chi connectivity index (χ0) is 17.6. The molecule has 2 aliphatic rings. The van der Waals surface area contributed by atoms with Gasteiger partial charge in [0.25, 0.3) is 5.91 Å². The molecule has 1 aliphatic heterocycles. The van der Waals surface area contributed by atoms with Crippen molar-refractivity contribution in [2.45, 2.75) is 46.1 Å². The van der Waals surface area contributed by atoms with Crippen molar-refractivity contribution in [2.75, 3.05) is 11.9 Å². The van der Waals surface area contributed by atoms with Crippen LogP contribution in [0.15, 0.2) is 12.1 Å². The minimum Gasteiger partial charge on any atom is -0.324 e. The molecule has 3 rings (SSSR count). The van der Waals surface area contributed by atoms with Gasteiger partial charge in [-0.05, 0) is 57.6 Å². The van der Waals surface area contributed by atoms with Crippen molar-refractivity contribution in [3.8, 4) is 0 Å². The average Bonchev–Trinajstić information content (AvgIpc) is 3.29. The maximum Gasteiger partial charge on any atom is 0.325 e. The molecule has 1 aliphatic carbocycles. The standard InChI is InChI=1S/C18H23N3O3/c1-10-7-11(2)15(12(3)8-10)19-14(22)9-21-16(23)18(4,13-5-6-13)20-17(21)24/h7-8,13H,5-6,9H2,1-4H3,(H,19,22)(H,20,24). The van der Waals surface area contributed by atoms with Crippen LogP contribution in [0.4, 0.5) is 10.5 Å². The smallest absolute Gasteiger partial charge is 0.324 e. The molecule has 1 saturated heterocycles. The molecule has 2 N–H and O–H groups in total. The molecule has 6 nitrogen and oxygen atoms in total. The molecular weight excluding hydrogens is 306 g/mol. The van der Waals surface area contributed by atoms with Crippen LogP contribution in [0.3, 0.4) is 0 Å². The molecule has 1 atom stereocenters. The highest BCUT2D eigenvalue weighted by molar-refractivity contribution is 6.10. The molecule has 1 saturated carbocycles. The molecule has 0 bridgehead atoms. The zero-order valence-corrected chi connectivity index (χ0v) is 14.5. The van der Waals surface area contributed by atoms with Crippen LogP contribution in [0.25, 0.3) is 0 Å². The van der Waals surface area contributed by atoms with Crippen LogP contribution in [-0.2, 0) is 9.59 Å². The molecule has 0 spiro atoms. The maximum atomic E-state index is 12.5. The van der Waals surface area contributed by atoms with Gasteiger partial charge in [-0.2, -0.15) is 0 Å². The van der Waals surface area contributed by atoms with Crippen molar-refractivity contribution in [3.05, 3.63) is 28.8 Å². The quantitative estimate of drug-likeness (QED) is 0.832. The SMILES string of the molecule is Cc1cc(C)c(NC(=O)CN2C(=O)NC(C)(C3CC3)C2=O)c(C)c1. The number of amides is 4. The average molecular weight is 329 g/mol. The van der Waals surface area contributed by atoms with Crippen molar-refractivity contribution in [3.63, 3.8) is 0 Å². The third-order valence-corrected chi connectivity index (χ3v) is 4.94. The van der Waals surface area contributed by atoms with E-state index in [1.165, 1.54) is 0 Å². The fourth-order valence-electron chi connectivity index (χ4n) is 3.50. The summed E-state index contributed by atoms with van der Waals surface area (Å²) in [5, 5.41) is 5.58. The summed E-state index contributed by atoms with van der Waals surface area (Å²) < 4.78 is 0. The minimum absolute atomic E-state index is 0.184. The Morgan fingerprint density at radius 1 is 1.25 bits per heavy atom. The Balaban J connectivity index is 1.72. The van der Waals surface area contributed by atoms with Gasteiger partial charge in [0.15, 0.2) is 0 Å². The van der Waals surface area contributed by atoms with E-state index in [0.29, 0.717) is 0 Å². The van der Waals surface area contributed by atoms with Crippen LogP contribution < -0.4 is 10.6 Å². The number of imide groups is 1. The van der Waals surface area contributed by atoms with Gasteiger partial charge < -0.3 is 10.6 Å². The third kappa shape index (κ3) is 2.77. The van der Waals surface area contributed by atoms with E-state index in [4.69, 9.17) is 0 Å². The predicted octanol–water partition coefficient (Wildman–Crippen LogP) is 2.27. The lowest BCUT2D eigenvalue weighted by molar-refractivity contribution is -0.134. The Hall–Kier alpha value is -2.37. The van der Waals surface area contributed by atoms with Gasteiger partial charge in [-0.3, -0.25) is 14.5 Å². The molecule has 128 valence electrons. The van der Waals surface area contributed by atoms with Gasteiger partial charge in [-0.15, -0.1) is 0 Å². The van der Waals surface area contributed by atoms with E-state index in [9.17, 15) is 14.4 Å². The van der Waals surface area contributed by atoms with Crippen LogP contribution >= 0.6 is 0 Å². The van der Waals surface area contributed by atoms with Crippen molar-refractivity contribution in [1.82, 2.24) is 10.2 Å². The van der Waals surface area contributed by atoms with Gasteiger partial charge in [-0.25, -0.2) is 4.79 Å². The number of aryl methyl sites for hydroxylation is 3. The summed E-state index contributed by atoms with van der Waals surface area (Å²) >= 11 is 0. The summed E-state index contributed by atoms with van der Waals surface area (Å²) in [4.78, 5) is 38.0. The van der Waals surface area contributed by atoms with Gasteiger partial charge in [0.05, 0.1) is 0 Å². The van der Waals surface area contributed by atoms with E-state index in [1.54, 1.807) is 6.92 Å². The first kappa shape index (κ1) is 16.5. The molecule has 0 aromatic heterocycles. The van der Waals surface area contributed by atoms with E-state index < -0.39 is 11.6 Å². The van der Waals surface area contributed by atoms with Crippen LogP contribution in [0.2, 0.25) is 0 Å². The second kappa shape index (κ2) is 5.61. The molecule has 1 unspecified atom stereocenters. The Kier molecular flexibility index (Phi) is 3.86. The molecule has 1 aromatic rings. The number of carbonyl (C=O) groups excluding carboxylic acids is 3. The lowest BCUT2D eigenvalue weighted by Gasteiger charge is -2.21. The van der Waals surface area contributed by atoms with Crippen LogP contribution in [0.5, 0.6) is 0 Å². The Labute approximate surface area is 141 Å². The number of nitrogens with one attached hydrogen (secondary N) is 2. The molecule has 1 heterocycles. The molecule has 24 heavy (non-hydrogen) atoms. The van der Waals surface area contributed by atoms with Crippen LogP contribution in [0.1, 0.15) is 36.5 Å². The number of hydrogen-bond acceptors (Lipinski definition) is 3. The van der Waals surface area contributed by atoms with Gasteiger partial charge in [0.1, 0.15) is 12.1 Å². The number of hydrogen-bond donors (Lipinski definition) is 2. The lowest BCUT2D eigenvalue weighted by atomic mass is 9.96. The van der Waals surface area contributed by atoms with Gasteiger partial charge in [0, 0.05) is 5.69 Å². The van der Waals surface area contributed by atoms with Crippen molar-refractivity contribution in [2.24, 2.45) is 5.92 Å². The third-order valence-electron chi connectivity index (χ3n) is 4.94. The van der Waals surface area contributed by atoms with Crippen molar-refractivity contribution < 1.29 is 14.4 Å². The topological polar surface area (TPSA) is 78.5 Å². The molecule has 0 radical (unpaired) electrons.